The summed E-state index contributed by atoms with van der Waals surface area (Å²) in [6.07, 6.45) is 0. The molecule has 0 N–H and O–H groups in total. The molecule has 4 aromatic rings. The van der Waals surface area contributed by atoms with Crippen molar-refractivity contribution in [3.05, 3.63) is 107 Å². The summed E-state index contributed by atoms with van der Waals surface area (Å²) < 4.78 is 2.41. The Kier molecular flexibility index (Phi) is 4.83. The molecule has 0 aliphatic carbocycles. The van der Waals surface area contributed by atoms with Gasteiger partial charge in [-0.15, -0.1) is 0 Å². The van der Waals surface area contributed by atoms with Crippen LogP contribution >= 0.6 is 0 Å². The minimum atomic E-state index is 1.22. The van der Waals surface area contributed by atoms with Crippen molar-refractivity contribution >= 4 is 0 Å². The molecule has 0 fully saturated rings. The van der Waals surface area contributed by atoms with E-state index >= 15 is 0 Å². The molecule has 1 nitrogen and oxygen atoms in total. The fourth-order valence-electron chi connectivity index (χ4n) is 4.17. The van der Waals surface area contributed by atoms with Gasteiger partial charge in [0.05, 0.1) is 0 Å². The summed E-state index contributed by atoms with van der Waals surface area (Å²) in [5.74, 6) is 0. The molecule has 0 aliphatic heterocycles. The second-order valence-electron chi connectivity index (χ2n) is 7.59. The highest BCUT2D eigenvalue weighted by Crippen LogP contribution is 2.28. The van der Waals surface area contributed by atoms with Crippen LogP contribution in [0.3, 0.4) is 0 Å². The highest BCUT2D eigenvalue weighted by molar-refractivity contribution is 5.69. The van der Waals surface area contributed by atoms with Gasteiger partial charge in [-0.2, -0.15) is 4.57 Å². The molecule has 0 radical (unpaired) electrons. The lowest BCUT2D eigenvalue weighted by Crippen LogP contribution is -2.38. The zero-order valence-electron chi connectivity index (χ0n) is 17.0. The van der Waals surface area contributed by atoms with Crippen LogP contribution < -0.4 is 4.57 Å². The average Bonchev–Trinajstić information content (AvgIpc) is 2.69. The van der Waals surface area contributed by atoms with Crippen molar-refractivity contribution in [3.8, 4) is 28.1 Å². The van der Waals surface area contributed by atoms with Gasteiger partial charge in [0, 0.05) is 35.7 Å². The standard InChI is InChI=1S/C27H26N/c1-19-15-20(2)27(21(3)16-19)28-22(4)17-25(23-11-7-5-8-12-23)18-26(28)24-13-9-6-10-14-24/h5-18H,1-4H3/q+1. The van der Waals surface area contributed by atoms with Crippen molar-refractivity contribution in [1.82, 2.24) is 0 Å². The van der Waals surface area contributed by atoms with Crippen LogP contribution in [0.4, 0.5) is 0 Å². The molecule has 0 spiro atoms. The SMILES string of the molecule is Cc1cc(C)c(-[n+]2c(C)cc(-c3ccccc3)cc2-c2ccccc2)c(C)c1. The molecule has 4 rings (SSSR count). The van der Waals surface area contributed by atoms with E-state index in [4.69, 9.17) is 0 Å². The number of pyridine rings is 1. The summed E-state index contributed by atoms with van der Waals surface area (Å²) in [7, 11) is 0. The Hall–Kier alpha value is -3.19. The van der Waals surface area contributed by atoms with Crippen LogP contribution in [0.5, 0.6) is 0 Å². The predicted molar refractivity (Wildman–Crippen MR) is 118 cm³/mol. The van der Waals surface area contributed by atoms with Gasteiger partial charge in [0.25, 0.3) is 0 Å². The first-order chi connectivity index (χ1) is 13.5. The van der Waals surface area contributed by atoms with Gasteiger partial charge in [-0.05, 0) is 56.2 Å². The van der Waals surface area contributed by atoms with Gasteiger partial charge in [0.2, 0.25) is 11.4 Å². The number of hydrogen-bond donors (Lipinski definition) is 0. The van der Waals surface area contributed by atoms with Crippen LogP contribution in [-0.4, -0.2) is 0 Å². The zero-order valence-corrected chi connectivity index (χ0v) is 17.0. The lowest BCUT2D eigenvalue weighted by molar-refractivity contribution is -0.591. The number of aryl methyl sites for hydroxylation is 4. The number of benzene rings is 3. The Morgan fingerprint density at radius 1 is 0.536 bits per heavy atom. The van der Waals surface area contributed by atoms with Crippen LogP contribution in [0.15, 0.2) is 84.9 Å². The number of nitrogens with zero attached hydrogens (tertiary/aromatic N) is 1. The molecule has 138 valence electrons. The molecular formula is C27H26N+. The van der Waals surface area contributed by atoms with Gasteiger partial charge < -0.3 is 0 Å². The minimum Gasteiger partial charge on any atom is -0.157 e. The van der Waals surface area contributed by atoms with E-state index < -0.39 is 0 Å². The fourth-order valence-corrected chi connectivity index (χ4v) is 4.17. The second kappa shape index (κ2) is 7.44. The van der Waals surface area contributed by atoms with Gasteiger partial charge in [0.15, 0.2) is 5.69 Å². The topological polar surface area (TPSA) is 3.88 Å². The smallest absolute Gasteiger partial charge is 0.157 e. The Balaban J connectivity index is 2.04. The molecular weight excluding hydrogens is 338 g/mol. The van der Waals surface area contributed by atoms with Crippen LogP contribution in [0.25, 0.3) is 28.1 Å². The maximum Gasteiger partial charge on any atom is 0.219 e. The summed E-state index contributed by atoms with van der Waals surface area (Å²) in [6.45, 7) is 8.79. The molecule has 1 heteroatoms. The van der Waals surface area contributed by atoms with Crippen LogP contribution in [0.2, 0.25) is 0 Å². The number of aromatic nitrogens is 1. The summed E-state index contributed by atoms with van der Waals surface area (Å²) in [4.78, 5) is 0. The molecule has 0 bridgehead atoms. The average molecular weight is 365 g/mol. The van der Waals surface area contributed by atoms with Crippen LogP contribution in [0.1, 0.15) is 22.4 Å². The van der Waals surface area contributed by atoms with Crippen molar-refractivity contribution in [2.24, 2.45) is 0 Å². The fraction of sp³-hybridized carbons (Fsp3) is 0.148. The summed E-state index contributed by atoms with van der Waals surface area (Å²) in [6, 6.07) is 30.5. The molecule has 28 heavy (non-hydrogen) atoms. The van der Waals surface area contributed by atoms with E-state index in [1.807, 2.05) is 0 Å². The second-order valence-corrected chi connectivity index (χ2v) is 7.59. The van der Waals surface area contributed by atoms with Crippen molar-refractivity contribution in [3.63, 3.8) is 0 Å². The van der Waals surface area contributed by atoms with E-state index in [-0.39, 0.29) is 0 Å². The molecule has 1 heterocycles. The van der Waals surface area contributed by atoms with Crippen molar-refractivity contribution in [1.29, 1.82) is 0 Å². The summed E-state index contributed by atoms with van der Waals surface area (Å²) >= 11 is 0. The lowest BCUT2D eigenvalue weighted by atomic mass is 9.99. The molecule has 0 saturated carbocycles. The van der Waals surface area contributed by atoms with Gasteiger partial charge in [-0.25, -0.2) is 0 Å². The Morgan fingerprint density at radius 2 is 1.07 bits per heavy atom. The normalized spacial score (nSPS) is 10.9. The molecule has 1 aromatic heterocycles. The molecule has 3 aromatic carbocycles. The Morgan fingerprint density at radius 3 is 1.64 bits per heavy atom. The monoisotopic (exact) mass is 364 g/mol. The molecule has 0 unspecified atom stereocenters. The maximum atomic E-state index is 2.41. The zero-order chi connectivity index (χ0) is 19.7. The molecule has 0 amide bonds. The predicted octanol–water partition coefficient (Wildman–Crippen LogP) is 6.53. The van der Waals surface area contributed by atoms with Crippen LogP contribution in [0, 0.1) is 27.7 Å². The highest BCUT2D eigenvalue weighted by Gasteiger charge is 2.24. The Bertz CT molecular complexity index is 1100. The van der Waals surface area contributed by atoms with Gasteiger partial charge in [-0.1, -0.05) is 54.1 Å². The van der Waals surface area contributed by atoms with Gasteiger partial charge in [-0.3, -0.25) is 0 Å². The largest absolute Gasteiger partial charge is 0.219 e. The first kappa shape index (κ1) is 18.2. The third-order valence-corrected chi connectivity index (χ3v) is 5.29. The van der Waals surface area contributed by atoms with Crippen LogP contribution in [-0.2, 0) is 0 Å². The van der Waals surface area contributed by atoms with E-state index in [1.165, 1.54) is 50.5 Å². The molecule has 0 aliphatic rings. The van der Waals surface area contributed by atoms with Gasteiger partial charge in [0.1, 0.15) is 0 Å². The first-order valence-electron chi connectivity index (χ1n) is 9.80. The number of rotatable bonds is 3. The van der Waals surface area contributed by atoms with E-state index in [2.05, 4.69) is 117 Å². The summed E-state index contributed by atoms with van der Waals surface area (Å²) in [5, 5.41) is 0. The molecule has 0 atom stereocenters. The third-order valence-electron chi connectivity index (χ3n) is 5.29. The first-order valence-corrected chi connectivity index (χ1v) is 9.80. The molecule has 0 saturated heterocycles. The Labute approximate surface area is 167 Å². The van der Waals surface area contributed by atoms with E-state index in [9.17, 15) is 0 Å². The van der Waals surface area contributed by atoms with Crippen molar-refractivity contribution in [2.45, 2.75) is 27.7 Å². The van der Waals surface area contributed by atoms with E-state index in [1.54, 1.807) is 0 Å². The van der Waals surface area contributed by atoms with Crippen molar-refractivity contribution < 1.29 is 4.57 Å². The van der Waals surface area contributed by atoms with Crippen molar-refractivity contribution in [2.75, 3.05) is 0 Å². The minimum absolute atomic E-state index is 1.22. The van der Waals surface area contributed by atoms with E-state index in [0.29, 0.717) is 0 Å². The lowest BCUT2D eigenvalue weighted by Gasteiger charge is -2.14. The maximum absolute atomic E-state index is 2.41. The quantitative estimate of drug-likeness (QED) is 0.364. The highest BCUT2D eigenvalue weighted by atomic mass is 15.0. The van der Waals surface area contributed by atoms with Gasteiger partial charge >= 0.3 is 0 Å². The van der Waals surface area contributed by atoms with E-state index in [0.717, 1.165) is 0 Å². The summed E-state index contributed by atoms with van der Waals surface area (Å²) in [5.41, 5.74) is 11.3. The third kappa shape index (κ3) is 3.36. The number of hydrogen-bond acceptors (Lipinski definition) is 0.